The fourth-order valence-corrected chi connectivity index (χ4v) is 6.95. The van der Waals surface area contributed by atoms with Crippen LogP contribution in [0.2, 0.25) is 0 Å². The van der Waals surface area contributed by atoms with Crippen molar-refractivity contribution in [2.45, 2.75) is 37.5 Å². The van der Waals surface area contributed by atoms with Crippen LogP contribution in [0.15, 0.2) is 82.6 Å². The highest BCUT2D eigenvalue weighted by molar-refractivity contribution is 7.89. The van der Waals surface area contributed by atoms with Crippen LogP contribution in [0.5, 0.6) is 0 Å². The van der Waals surface area contributed by atoms with Crippen molar-refractivity contribution in [2.75, 3.05) is 26.2 Å². The summed E-state index contributed by atoms with van der Waals surface area (Å²) in [7, 11) is -6.91. The summed E-state index contributed by atoms with van der Waals surface area (Å²) in [6, 6.07) is 21.9. The molecule has 0 saturated carbocycles. The molecule has 3 aromatic rings. The third kappa shape index (κ3) is 7.08. The van der Waals surface area contributed by atoms with E-state index in [0.717, 1.165) is 22.3 Å². The maximum Gasteiger partial charge on any atom is 0.243 e. The van der Waals surface area contributed by atoms with Crippen molar-refractivity contribution in [3.8, 4) is 0 Å². The minimum atomic E-state index is -3.46. The second-order valence-electron chi connectivity index (χ2n) is 8.65. The molecule has 38 heavy (non-hydrogen) atoms. The van der Waals surface area contributed by atoms with Crippen LogP contribution in [0.1, 0.15) is 49.9 Å². The van der Waals surface area contributed by atoms with Crippen molar-refractivity contribution in [3.63, 3.8) is 0 Å². The van der Waals surface area contributed by atoms with Crippen LogP contribution in [-0.2, 0) is 20.0 Å². The van der Waals surface area contributed by atoms with Crippen LogP contribution >= 0.6 is 0 Å². The summed E-state index contributed by atoms with van der Waals surface area (Å²) in [6.45, 7) is 9.11. The number of nitrogens with zero attached hydrogens (tertiary/aromatic N) is 2. The molecule has 0 spiro atoms. The molecule has 202 valence electrons. The van der Waals surface area contributed by atoms with Crippen molar-refractivity contribution >= 4 is 44.4 Å². The molecule has 0 N–H and O–H groups in total. The highest BCUT2D eigenvalue weighted by atomic mass is 32.2. The first kappa shape index (κ1) is 29.5. The number of sulfonamides is 2. The van der Waals surface area contributed by atoms with E-state index in [2.05, 4.69) is 0 Å². The van der Waals surface area contributed by atoms with Crippen molar-refractivity contribution in [1.82, 2.24) is 8.61 Å². The molecular formula is C30H36N2O4S2. The zero-order valence-corrected chi connectivity index (χ0v) is 24.0. The van der Waals surface area contributed by atoms with Gasteiger partial charge in [-0.1, -0.05) is 101 Å². The van der Waals surface area contributed by atoms with E-state index in [1.165, 1.54) is 8.61 Å². The van der Waals surface area contributed by atoms with Gasteiger partial charge < -0.3 is 0 Å². The van der Waals surface area contributed by atoms with E-state index in [9.17, 15) is 16.8 Å². The Morgan fingerprint density at radius 1 is 0.447 bits per heavy atom. The van der Waals surface area contributed by atoms with E-state index in [4.69, 9.17) is 0 Å². The van der Waals surface area contributed by atoms with Gasteiger partial charge in [-0.05, 0) is 46.5 Å². The molecule has 0 heterocycles. The minimum Gasteiger partial charge on any atom is -0.207 e. The molecule has 0 unspecified atom stereocenters. The van der Waals surface area contributed by atoms with Gasteiger partial charge in [-0.15, -0.1) is 0 Å². The van der Waals surface area contributed by atoms with Gasteiger partial charge in [0.2, 0.25) is 20.0 Å². The van der Waals surface area contributed by atoms with Crippen LogP contribution in [0.3, 0.4) is 0 Å². The molecule has 8 heteroatoms. The van der Waals surface area contributed by atoms with Crippen LogP contribution in [0, 0.1) is 0 Å². The predicted molar refractivity (Wildman–Crippen MR) is 157 cm³/mol. The van der Waals surface area contributed by atoms with Gasteiger partial charge in [-0.3, -0.25) is 0 Å². The number of hydrogen-bond donors (Lipinski definition) is 0. The van der Waals surface area contributed by atoms with Gasteiger partial charge in [0.25, 0.3) is 0 Å². The maximum atomic E-state index is 12.6. The molecule has 3 rings (SSSR count). The summed E-state index contributed by atoms with van der Waals surface area (Å²) >= 11 is 0. The average Bonchev–Trinajstić information content (AvgIpc) is 2.93. The van der Waals surface area contributed by atoms with Crippen molar-refractivity contribution in [3.05, 3.63) is 95.1 Å². The quantitative estimate of drug-likeness (QED) is 0.255. The Bertz CT molecular complexity index is 1340. The van der Waals surface area contributed by atoms with E-state index in [0.29, 0.717) is 36.0 Å². The predicted octanol–water partition coefficient (Wildman–Crippen LogP) is 6.09. The van der Waals surface area contributed by atoms with Crippen LogP contribution < -0.4 is 0 Å². The van der Waals surface area contributed by atoms with Gasteiger partial charge in [-0.2, -0.15) is 8.61 Å². The molecule has 0 bridgehead atoms. The van der Waals surface area contributed by atoms with Crippen LogP contribution in [-0.4, -0.2) is 51.6 Å². The molecule has 0 atom stereocenters. The molecule has 0 fully saturated rings. The number of rotatable bonds is 12. The first-order valence-electron chi connectivity index (χ1n) is 12.8. The Morgan fingerprint density at radius 2 is 0.658 bits per heavy atom. The highest BCUT2D eigenvalue weighted by Crippen LogP contribution is 2.19. The standard InChI is InChI=1S/C30H36N2O4S2/c1-5-31(6-2)37(33,34)29-21-17-27(18-22-29)15-13-25-9-11-26(12-10-25)14-16-28-19-23-30(24-20-28)38(35,36)32(7-3)8-4/h9-24H,5-8H2,1-4H3/b15-13+,16-14+. The summed E-state index contributed by atoms with van der Waals surface area (Å²) in [5.41, 5.74) is 3.87. The molecule has 0 aromatic heterocycles. The van der Waals surface area contributed by atoms with Gasteiger partial charge in [0.05, 0.1) is 9.79 Å². The van der Waals surface area contributed by atoms with Gasteiger partial charge in [0, 0.05) is 26.2 Å². The lowest BCUT2D eigenvalue weighted by molar-refractivity contribution is 0.444. The Balaban J connectivity index is 1.64. The largest absolute Gasteiger partial charge is 0.243 e. The maximum absolute atomic E-state index is 12.6. The number of hydrogen-bond acceptors (Lipinski definition) is 4. The normalized spacial score (nSPS) is 12.8. The SMILES string of the molecule is CCN(CC)S(=O)(=O)c1ccc(/C=C/c2ccc(/C=C/c3ccc(S(=O)(=O)N(CC)CC)cc3)cc2)cc1. The Morgan fingerprint density at radius 3 is 0.868 bits per heavy atom. The van der Waals surface area contributed by atoms with Crippen molar-refractivity contribution < 1.29 is 16.8 Å². The summed E-state index contributed by atoms with van der Waals surface area (Å²) < 4.78 is 53.4. The fourth-order valence-electron chi connectivity index (χ4n) is 4.03. The van der Waals surface area contributed by atoms with Crippen LogP contribution in [0.4, 0.5) is 0 Å². The summed E-state index contributed by atoms with van der Waals surface area (Å²) in [4.78, 5) is 0.601. The molecule has 0 aliphatic rings. The lowest BCUT2D eigenvalue weighted by atomic mass is 10.1. The second-order valence-corrected chi connectivity index (χ2v) is 12.5. The first-order valence-corrected chi connectivity index (χ1v) is 15.7. The third-order valence-corrected chi connectivity index (χ3v) is 10.4. The lowest BCUT2D eigenvalue weighted by Crippen LogP contribution is -2.30. The Kier molecular flexibility index (Phi) is 10.2. The fraction of sp³-hybridized carbons (Fsp3) is 0.267. The molecule has 3 aromatic carbocycles. The smallest absolute Gasteiger partial charge is 0.207 e. The van der Waals surface area contributed by atoms with E-state index in [1.807, 2.05) is 101 Å². The molecular weight excluding hydrogens is 516 g/mol. The van der Waals surface area contributed by atoms with E-state index in [1.54, 1.807) is 24.3 Å². The second kappa shape index (κ2) is 13.2. The van der Waals surface area contributed by atoms with Gasteiger partial charge in [-0.25, -0.2) is 16.8 Å². The van der Waals surface area contributed by atoms with E-state index in [-0.39, 0.29) is 0 Å². The average molecular weight is 553 g/mol. The molecule has 0 saturated heterocycles. The van der Waals surface area contributed by atoms with Gasteiger partial charge in [0.1, 0.15) is 0 Å². The zero-order valence-electron chi connectivity index (χ0n) is 22.4. The minimum absolute atomic E-state index is 0.301. The van der Waals surface area contributed by atoms with Crippen molar-refractivity contribution in [1.29, 1.82) is 0 Å². The topological polar surface area (TPSA) is 74.8 Å². The lowest BCUT2D eigenvalue weighted by Gasteiger charge is -2.18. The zero-order chi connectivity index (χ0) is 27.8. The highest BCUT2D eigenvalue weighted by Gasteiger charge is 2.21. The molecule has 0 aliphatic heterocycles. The number of benzene rings is 3. The van der Waals surface area contributed by atoms with Crippen LogP contribution in [0.25, 0.3) is 24.3 Å². The molecule has 0 amide bonds. The summed E-state index contributed by atoms with van der Waals surface area (Å²) in [5.74, 6) is 0. The van der Waals surface area contributed by atoms with Crippen molar-refractivity contribution in [2.24, 2.45) is 0 Å². The first-order chi connectivity index (χ1) is 18.1. The Labute approximate surface area is 228 Å². The van der Waals surface area contributed by atoms with Gasteiger partial charge >= 0.3 is 0 Å². The van der Waals surface area contributed by atoms with E-state index < -0.39 is 20.0 Å². The summed E-state index contributed by atoms with van der Waals surface area (Å²) in [6.07, 6.45) is 7.87. The molecule has 6 nitrogen and oxygen atoms in total. The van der Waals surface area contributed by atoms with E-state index >= 15 is 0 Å². The Hall–Kier alpha value is -3.04. The third-order valence-electron chi connectivity index (χ3n) is 6.32. The summed E-state index contributed by atoms with van der Waals surface area (Å²) in [5, 5.41) is 0. The monoisotopic (exact) mass is 552 g/mol. The molecule has 0 radical (unpaired) electrons. The van der Waals surface area contributed by atoms with Gasteiger partial charge in [0.15, 0.2) is 0 Å². The molecule has 0 aliphatic carbocycles.